The topological polar surface area (TPSA) is 41.6 Å². The third-order valence-electron chi connectivity index (χ3n) is 4.75. The highest BCUT2D eigenvalue weighted by Crippen LogP contribution is 2.15. The van der Waals surface area contributed by atoms with E-state index >= 15 is 0 Å². The number of carbonyl (C=O) groups excluding carboxylic acids is 1. The normalized spacial score (nSPS) is 15.6. The van der Waals surface area contributed by atoms with Crippen LogP contribution in [0.2, 0.25) is 0 Å². The summed E-state index contributed by atoms with van der Waals surface area (Å²) in [5, 5.41) is 3.01. The zero-order valence-electron chi connectivity index (χ0n) is 15.5. The molecule has 0 radical (unpaired) electrons. The Bertz CT molecular complexity index is 696. The SMILES string of the molecule is CCC(Oc1ccccc1)C(=O)NCc1cccc(CN2CCCC2)c1. The number of hydrogen-bond donors (Lipinski definition) is 1. The van der Waals surface area contributed by atoms with Gasteiger partial charge >= 0.3 is 0 Å². The van der Waals surface area contributed by atoms with E-state index in [2.05, 4.69) is 34.5 Å². The Morgan fingerprint density at radius 2 is 1.81 bits per heavy atom. The first-order valence-electron chi connectivity index (χ1n) is 9.54. The fourth-order valence-electron chi connectivity index (χ4n) is 3.33. The van der Waals surface area contributed by atoms with Crippen LogP contribution in [0.5, 0.6) is 5.75 Å². The fourth-order valence-corrected chi connectivity index (χ4v) is 3.33. The first kappa shape index (κ1) is 18.5. The Kier molecular flexibility index (Phi) is 6.67. The van der Waals surface area contributed by atoms with E-state index in [1.807, 2.05) is 37.3 Å². The summed E-state index contributed by atoms with van der Waals surface area (Å²) in [5.41, 5.74) is 2.44. The lowest BCUT2D eigenvalue weighted by Gasteiger charge is -2.18. The Balaban J connectivity index is 1.52. The smallest absolute Gasteiger partial charge is 0.261 e. The van der Waals surface area contributed by atoms with Gasteiger partial charge in [-0.2, -0.15) is 0 Å². The van der Waals surface area contributed by atoms with Crippen LogP contribution >= 0.6 is 0 Å². The van der Waals surface area contributed by atoms with Gasteiger partial charge in [0, 0.05) is 13.1 Å². The highest BCUT2D eigenvalue weighted by Gasteiger charge is 2.18. The van der Waals surface area contributed by atoms with E-state index in [0.717, 1.165) is 17.9 Å². The molecule has 1 aliphatic heterocycles. The van der Waals surface area contributed by atoms with Crippen molar-refractivity contribution in [3.63, 3.8) is 0 Å². The maximum atomic E-state index is 12.5. The number of hydrogen-bond acceptors (Lipinski definition) is 3. The van der Waals surface area contributed by atoms with Crippen LogP contribution in [0.25, 0.3) is 0 Å². The molecule has 4 heteroatoms. The summed E-state index contributed by atoms with van der Waals surface area (Å²) >= 11 is 0. The van der Waals surface area contributed by atoms with Crippen molar-refractivity contribution in [2.75, 3.05) is 13.1 Å². The van der Waals surface area contributed by atoms with E-state index in [-0.39, 0.29) is 5.91 Å². The monoisotopic (exact) mass is 352 g/mol. The van der Waals surface area contributed by atoms with Gasteiger partial charge in [-0.3, -0.25) is 9.69 Å². The van der Waals surface area contributed by atoms with Gasteiger partial charge in [-0.05, 0) is 55.6 Å². The van der Waals surface area contributed by atoms with E-state index in [1.165, 1.54) is 31.5 Å². The van der Waals surface area contributed by atoms with Gasteiger partial charge in [-0.1, -0.05) is 49.4 Å². The number of nitrogens with one attached hydrogen (secondary N) is 1. The van der Waals surface area contributed by atoms with Gasteiger partial charge in [0.05, 0.1) is 0 Å². The molecule has 1 fully saturated rings. The van der Waals surface area contributed by atoms with Crippen LogP contribution in [0.4, 0.5) is 0 Å². The highest BCUT2D eigenvalue weighted by atomic mass is 16.5. The zero-order valence-corrected chi connectivity index (χ0v) is 15.5. The molecule has 1 N–H and O–H groups in total. The van der Waals surface area contributed by atoms with Crippen LogP contribution in [0, 0.1) is 0 Å². The molecule has 1 unspecified atom stereocenters. The van der Waals surface area contributed by atoms with Gasteiger partial charge in [0.15, 0.2) is 6.10 Å². The van der Waals surface area contributed by atoms with Crippen molar-refractivity contribution >= 4 is 5.91 Å². The third kappa shape index (κ3) is 5.33. The number of amides is 1. The van der Waals surface area contributed by atoms with Crippen LogP contribution < -0.4 is 10.1 Å². The summed E-state index contributed by atoms with van der Waals surface area (Å²) in [7, 11) is 0. The van der Waals surface area contributed by atoms with Gasteiger partial charge in [-0.25, -0.2) is 0 Å². The molecule has 1 aliphatic rings. The summed E-state index contributed by atoms with van der Waals surface area (Å²) in [5.74, 6) is 0.656. The number of benzene rings is 2. The lowest BCUT2D eigenvalue weighted by molar-refractivity contribution is -0.128. The first-order valence-corrected chi connectivity index (χ1v) is 9.54. The summed E-state index contributed by atoms with van der Waals surface area (Å²) in [6, 6.07) is 18.0. The predicted molar refractivity (Wildman–Crippen MR) is 104 cm³/mol. The molecule has 1 atom stereocenters. The quantitative estimate of drug-likeness (QED) is 0.786. The van der Waals surface area contributed by atoms with Crippen LogP contribution in [0.15, 0.2) is 54.6 Å². The number of para-hydroxylation sites is 1. The molecular formula is C22H28N2O2. The van der Waals surface area contributed by atoms with Crippen molar-refractivity contribution < 1.29 is 9.53 Å². The minimum atomic E-state index is -0.467. The lowest BCUT2D eigenvalue weighted by Crippen LogP contribution is -2.37. The molecule has 0 bridgehead atoms. The number of rotatable bonds is 8. The molecule has 4 nitrogen and oxygen atoms in total. The maximum Gasteiger partial charge on any atom is 0.261 e. The maximum absolute atomic E-state index is 12.5. The summed E-state index contributed by atoms with van der Waals surface area (Å²) in [4.78, 5) is 15.0. The molecule has 2 aromatic rings. The summed E-state index contributed by atoms with van der Waals surface area (Å²) in [6.45, 7) is 5.87. The second-order valence-electron chi connectivity index (χ2n) is 6.85. The predicted octanol–water partition coefficient (Wildman–Crippen LogP) is 3.76. The Labute approximate surface area is 156 Å². The molecule has 1 saturated heterocycles. The van der Waals surface area contributed by atoms with E-state index in [1.54, 1.807) is 0 Å². The van der Waals surface area contributed by atoms with E-state index in [9.17, 15) is 4.79 Å². The lowest BCUT2D eigenvalue weighted by atomic mass is 10.1. The number of ether oxygens (including phenoxy) is 1. The standard InChI is InChI=1S/C22H28N2O2/c1-2-21(26-20-11-4-3-5-12-20)22(25)23-16-18-9-8-10-19(15-18)17-24-13-6-7-14-24/h3-5,8-12,15,21H,2,6-7,13-14,16-17H2,1H3,(H,23,25). The van der Waals surface area contributed by atoms with Gasteiger partial charge in [0.2, 0.25) is 0 Å². The molecule has 1 heterocycles. The Morgan fingerprint density at radius 1 is 1.08 bits per heavy atom. The van der Waals surface area contributed by atoms with E-state index < -0.39 is 6.10 Å². The van der Waals surface area contributed by atoms with Gasteiger partial charge < -0.3 is 10.1 Å². The molecule has 0 saturated carbocycles. The fraction of sp³-hybridized carbons (Fsp3) is 0.409. The largest absolute Gasteiger partial charge is 0.481 e. The third-order valence-corrected chi connectivity index (χ3v) is 4.75. The number of carbonyl (C=O) groups is 1. The van der Waals surface area contributed by atoms with Crippen molar-refractivity contribution in [3.05, 3.63) is 65.7 Å². The van der Waals surface area contributed by atoms with Crippen molar-refractivity contribution in [2.45, 2.75) is 45.4 Å². The second kappa shape index (κ2) is 9.39. The van der Waals surface area contributed by atoms with Gasteiger partial charge in [0.25, 0.3) is 5.91 Å². The Hall–Kier alpha value is -2.33. The van der Waals surface area contributed by atoms with E-state index in [4.69, 9.17) is 4.74 Å². The number of nitrogens with zero attached hydrogens (tertiary/aromatic N) is 1. The molecule has 3 rings (SSSR count). The van der Waals surface area contributed by atoms with Crippen LogP contribution in [0.3, 0.4) is 0 Å². The van der Waals surface area contributed by atoms with Crippen molar-refractivity contribution in [2.24, 2.45) is 0 Å². The molecule has 0 aromatic heterocycles. The van der Waals surface area contributed by atoms with Crippen LogP contribution in [0.1, 0.15) is 37.3 Å². The first-order chi connectivity index (χ1) is 12.7. The number of likely N-dealkylation sites (tertiary alicyclic amines) is 1. The molecular weight excluding hydrogens is 324 g/mol. The molecule has 2 aromatic carbocycles. The summed E-state index contributed by atoms with van der Waals surface area (Å²) < 4.78 is 5.81. The molecule has 26 heavy (non-hydrogen) atoms. The van der Waals surface area contributed by atoms with Crippen LogP contribution in [-0.4, -0.2) is 30.0 Å². The summed E-state index contributed by atoms with van der Waals surface area (Å²) in [6.07, 6.45) is 2.77. The van der Waals surface area contributed by atoms with Gasteiger partial charge in [0.1, 0.15) is 5.75 Å². The van der Waals surface area contributed by atoms with Crippen molar-refractivity contribution in [1.29, 1.82) is 0 Å². The average molecular weight is 352 g/mol. The van der Waals surface area contributed by atoms with Crippen molar-refractivity contribution in [3.8, 4) is 5.75 Å². The molecule has 0 spiro atoms. The van der Waals surface area contributed by atoms with Crippen molar-refractivity contribution in [1.82, 2.24) is 10.2 Å². The highest BCUT2D eigenvalue weighted by molar-refractivity contribution is 5.81. The molecule has 138 valence electrons. The minimum absolute atomic E-state index is 0.0682. The van der Waals surface area contributed by atoms with Gasteiger partial charge in [-0.15, -0.1) is 0 Å². The van der Waals surface area contributed by atoms with Crippen LogP contribution in [-0.2, 0) is 17.9 Å². The minimum Gasteiger partial charge on any atom is -0.481 e. The average Bonchev–Trinajstić information content (AvgIpc) is 3.18. The zero-order chi connectivity index (χ0) is 18.2. The molecule has 0 aliphatic carbocycles. The van der Waals surface area contributed by atoms with E-state index in [0.29, 0.717) is 13.0 Å². The second-order valence-corrected chi connectivity index (χ2v) is 6.85. The molecule has 1 amide bonds. The Morgan fingerprint density at radius 3 is 2.54 bits per heavy atom.